The maximum atomic E-state index is 6.48. The molecular weight excluding hydrogens is 671 g/mol. The molecule has 9 aromatic carbocycles. The predicted molar refractivity (Wildman–Crippen MR) is 227 cm³/mol. The Hall–Kier alpha value is -7.43. The molecule has 11 aromatic rings. The van der Waals surface area contributed by atoms with Crippen LogP contribution in [0.3, 0.4) is 0 Å². The van der Waals surface area contributed by atoms with Crippen molar-refractivity contribution in [3.05, 3.63) is 188 Å². The van der Waals surface area contributed by atoms with Crippen LogP contribution in [-0.2, 0) is 0 Å². The summed E-state index contributed by atoms with van der Waals surface area (Å²) in [6.07, 6.45) is 0. The molecule has 0 spiro atoms. The van der Waals surface area contributed by atoms with Crippen molar-refractivity contribution in [2.75, 3.05) is 0 Å². The minimum Gasteiger partial charge on any atom is -0.455 e. The second-order valence-electron chi connectivity index (χ2n) is 14.0. The second-order valence-corrected chi connectivity index (χ2v) is 14.0. The molecule has 0 saturated carbocycles. The molecule has 4 heteroatoms. The van der Waals surface area contributed by atoms with E-state index < -0.39 is 0 Å². The first-order valence-corrected chi connectivity index (χ1v) is 18.5. The zero-order valence-corrected chi connectivity index (χ0v) is 29.6. The van der Waals surface area contributed by atoms with Gasteiger partial charge in [-0.2, -0.15) is 0 Å². The molecule has 0 N–H and O–H groups in total. The first kappa shape index (κ1) is 31.1. The molecule has 256 valence electrons. The topological polar surface area (TPSA) is 51.8 Å². The number of hydrogen-bond donors (Lipinski definition) is 0. The van der Waals surface area contributed by atoms with E-state index in [0.29, 0.717) is 17.5 Å². The number of nitrogens with zero attached hydrogens (tertiary/aromatic N) is 3. The zero-order chi connectivity index (χ0) is 36.3. The Labute approximate surface area is 317 Å². The van der Waals surface area contributed by atoms with Crippen LogP contribution in [-0.4, -0.2) is 15.0 Å². The van der Waals surface area contributed by atoms with Crippen LogP contribution in [0.2, 0.25) is 0 Å². The summed E-state index contributed by atoms with van der Waals surface area (Å²) in [6, 6.07) is 65.9. The van der Waals surface area contributed by atoms with E-state index in [2.05, 4.69) is 158 Å². The fraction of sp³-hybridized carbons (Fsp3) is 0. The molecule has 0 fully saturated rings. The van der Waals surface area contributed by atoms with Gasteiger partial charge < -0.3 is 4.42 Å². The molecule has 0 atom stereocenters. The van der Waals surface area contributed by atoms with E-state index in [9.17, 15) is 0 Å². The fourth-order valence-electron chi connectivity index (χ4n) is 7.98. The van der Waals surface area contributed by atoms with Gasteiger partial charge in [0.15, 0.2) is 17.5 Å². The molecule has 55 heavy (non-hydrogen) atoms. The summed E-state index contributed by atoms with van der Waals surface area (Å²) in [5.41, 5.74) is 8.79. The van der Waals surface area contributed by atoms with Gasteiger partial charge >= 0.3 is 0 Å². The van der Waals surface area contributed by atoms with Crippen molar-refractivity contribution in [2.24, 2.45) is 0 Å². The summed E-state index contributed by atoms with van der Waals surface area (Å²) in [6.45, 7) is 0. The number of hydrogen-bond acceptors (Lipinski definition) is 4. The highest BCUT2D eigenvalue weighted by atomic mass is 16.3. The predicted octanol–water partition coefficient (Wildman–Crippen LogP) is 13.6. The van der Waals surface area contributed by atoms with Crippen LogP contribution in [0.25, 0.3) is 111 Å². The van der Waals surface area contributed by atoms with Gasteiger partial charge in [-0.05, 0) is 84.9 Å². The fourth-order valence-corrected chi connectivity index (χ4v) is 7.98. The molecule has 0 saturated heterocycles. The Balaban J connectivity index is 1.08. The minimum absolute atomic E-state index is 0.560. The van der Waals surface area contributed by atoms with Gasteiger partial charge in [0, 0.05) is 21.9 Å². The Morgan fingerprint density at radius 2 is 0.891 bits per heavy atom. The molecule has 0 radical (unpaired) electrons. The van der Waals surface area contributed by atoms with Crippen LogP contribution in [0.5, 0.6) is 0 Å². The van der Waals surface area contributed by atoms with Crippen LogP contribution < -0.4 is 0 Å². The summed E-state index contributed by atoms with van der Waals surface area (Å²) in [5, 5.41) is 9.43. The Morgan fingerprint density at radius 1 is 0.291 bits per heavy atom. The van der Waals surface area contributed by atoms with Gasteiger partial charge in [0.2, 0.25) is 0 Å². The van der Waals surface area contributed by atoms with Crippen LogP contribution in [0.4, 0.5) is 0 Å². The lowest BCUT2D eigenvalue weighted by atomic mass is 9.92. The maximum Gasteiger partial charge on any atom is 0.167 e. The first-order chi connectivity index (χ1) is 27.2. The van der Waals surface area contributed by atoms with Gasteiger partial charge in [-0.1, -0.05) is 158 Å². The van der Waals surface area contributed by atoms with Gasteiger partial charge in [-0.3, -0.25) is 0 Å². The van der Waals surface area contributed by atoms with Crippen molar-refractivity contribution in [3.63, 3.8) is 0 Å². The van der Waals surface area contributed by atoms with Crippen molar-refractivity contribution in [1.29, 1.82) is 0 Å². The lowest BCUT2D eigenvalue weighted by Gasteiger charge is -2.13. The summed E-state index contributed by atoms with van der Waals surface area (Å²) in [4.78, 5) is 15.5. The quantitative estimate of drug-likeness (QED) is 0.168. The average molecular weight is 702 g/mol. The van der Waals surface area contributed by atoms with E-state index in [1.807, 2.05) is 30.3 Å². The molecule has 0 bridgehead atoms. The monoisotopic (exact) mass is 701 g/mol. The van der Waals surface area contributed by atoms with Crippen LogP contribution in [0.1, 0.15) is 0 Å². The molecule has 0 unspecified atom stereocenters. The van der Waals surface area contributed by atoms with E-state index in [-0.39, 0.29) is 0 Å². The number of rotatable bonds is 5. The van der Waals surface area contributed by atoms with Gasteiger partial charge in [-0.15, -0.1) is 0 Å². The van der Waals surface area contributed by atoms with E-state index in [1.54, 1.807) is 0 Å². The van der Waals surface area contributed by atoms with Gasteiger partial charge in [0.05, 0.1) is 5.56 Å². The molecule has 4 nitrogen and oxygen atoms in total. The molecule has 0 aliphatic carbocycles. The second kappa shape index (κ2) is 12.6. The lowest BCUT2D eigenvalue weighted by molar-refractivity contribution is 0.669. The van der Waals surface area contributed by atoms with E-state index >= 15 is 0 Å². The smallest absolute Gasteiger partial charge is 0.167 e. The van der Waals surface area contributed by atoms with Crippen molar-refractivity contribution < 1.29 is 4.42 Å². The van der Waals surface area contributed by atoms with Gasteiger partial charge in [0.1, 0.15) is 11.2 Å². The largest absolute Gasteiger partial charge is 0.455 e. The SMILES string of the molecule is c1cc(-c2nc(-c3ccc(-c4ccc5ccccc5c4)cc3)nc(-c3cccc4c3oc3ccccc34)n2)cc(-c2cc3ccccc3c3ccccc23)c1. The minimum atomic E-state index is 0.560. The van der Waals surface area contributed by atoms with Crippen molar-refractivity contribution >= 4 is 54.3 Å². The third-order valence-corrected chi connectivity index (χ3v) is 10.7. The Morgan fingerprint density at radius 3 is 1.75 bits per heavy atom. The maximum absolute atomic E-state index is 6.48. The molecule has 2 heterocycles. The van der Waals surface area contributed by atoms with Crippen LogP contribution >= 0.6 is 0 Å². The van der Waals surface area contributed by atoms with E-state index in [4.69, 9.17) is 19.4 Å². The zero-order valence-electron chi connectivity index (χ0n) is 29.6. The number of furan rings is 1. The molecule has 11 rings (SSSR count). The first-order valence-electron chi connectivity index (χ1n) is 18.5. The summed E-state index contributed by atoms with van der Waals surface area (Å²) in [7, 11) is 0. The highest BCUT2D eigenvalue weighted by Crippen LogP contribution is 2.38. The summed E-state index contributed by atoms with van der Waals surface area (Å²) >= 11 is 0. The average Bonchev–Trinajstić information content (AvgIpc) is 3.65. The standard InChI is InChI=1S/C51H31N3O/c1-2-12-35-29-36(28-25-32(35)11-1)33-23-26-34(27-24-33)49-52-50(54-51(53-49)45-21-10-20-44-43-19-7-8-22-47(43)55-48(44)45)39-15-9-14-37(30-39)46-31-38-13-3-4-16-40(38)41-17-5-6-18-42(41)46/h1-31H. The summed E-state index contributed by atoms with van der Waals surface area (Å²) in [5.74, 6) is 1.75. The lowest BCUT2D eigenvalue weighted by Crippen LogP contribution is -2.00. The normalized spacial score (nSPS) is 11.6. The van der Waals surface area contributed by atoms with Gasteiger partial charge in [0.25, 0.3) is 0 Å². The van der Waals surface area contributed by atoms with Crippen LogP contribution in [0, 0.1) is 0 Å². The Kier molecular flexibility index (Phi) is 7.14. The van der Waals surface area contributed by atoms with Crippen LogP contribution in [0.15, 0.2) is 192 Å². The number of para-hydroxylation sites is 2. The Bertz CT molecular complexity index is 3270. The third-order valence-electron chi connectivity index (χ3n) is 10.7. The van der Waals surface area contributed by atoms with Crippen molar-refractivity contribution in [2.45, 2.75) is 0 Å². The third kappa shape index (κ3) is 5.34. The van der Waals surface area contributed by atoms with E-state index in [0.717, 1.165) is 55.3 Å². The number of benzene rings is 9. The number of fused-ring (bicyclic) bond motifs is 7. The molecule has 2 aromatic heterocycles. The molecular formula is C51H31N3O. The van der Waals surface area contributed by atoms with Crippen molar-refractivity contribution in [3.8, 4) is 56.4 Å². The number of aromatic nitrogens is 3. The summed E-state index contributed by atoms with van der Waals surface area (Å²) < 4.78 is 6.48. The molecule has 0 amide bonds. The highest BCUT2D eigenvalue weighted by Gasteiger charge is 2.18. The van der Waals surface area contributed by atoms with Gasteiger partial charge in [-0.25, -0.2) is 15.0 Å². The van der Waals surface area contributed by atoms with Crippen molar-refractivity contribution in [1.82, 2.24) is 15.0 Å². The molecule has 0 aliphatic rings. The highest BCUT2D eigenvalue weighted by molar-refractivity contribution is 6.14. The molecule has 0 aliphatic heterocycles. The van der Waals surface area contributed by atoms with E-state index in [1.165, 1.54) is 37.9 Å².